The SMILES string of the molecule is CCC(C)(C)NC(=O)Cn1ccc(=O)n(CCCN)c1=O. The monoisotopic (exact) mass is 296 g/mol. The standard InChI is InChI=1S/C14H24N4O3/c1-4-14(2,3)16-11(19)10-17-9-6-12(20)18(13(17)21)8-5-7-15/h6,9H,4-5,7-8,10,15H2,1-3H3,(H,16,19). The van der Waals surface area contributed by atoms with Gasteiger partial charge < -0.3 is 11.1 Å². The molecule has 21 heavy (non-hydrogen) atoms. The number of carbonyl (C=O) groups excluding carboxylic acids is 1. The third-order valence-corrected chi connectivity index (χ3v) is 3.40. The Balaban J connectivity index is 2.92. The third kappa shape index (κ3) is 4.86. The minimum Gasteiger partial charge on any atom is -0.350 e. The first-order chi connectivity index (χ1) is 9.80. The Labute approximate surface area is 123 Å². The van der Waals surface area contributed by atoms with Gasteiger partial charge >= 0.3 is 5.69 Å². The summed E-state index contributed by atoms with van der Waals surface area (Å²) in [6.07, 6.45) is 2.67. The number of nitrogens with zero attached hydrogens (tertiary/aromatic N) is 2. The largest absolute Gasteiger partial charge is 0.350 e. The molecular formula is C14H24N4O3. The van der Waals surface area contributed by atoms with Crippen LogP contribution in [0, 0.1) is 0 Å². The van der Waals surface area contributed by atoms with Gasteiger partial charge in [0.15, 0.2) is 0 Å². The van der Waals surface area contributed by atoms with Gasteiger partial charge in [0.2, 0.25) is 5.91 Å². The highest BCUT2D eigenvalue weighted by molar-refractivity contribution is 5.76. The quantitative estimate of drug-likeness (QED) is 0.719. The minimum absolute atomic E-state index is 0.106. The van der Waals surface area contributed by atoms with E-state index in [-0.39, 0.29) is 30.1 Å². The fourth-order valence-corrected chi connectivity index (χ4v) is 1.79. The van der Waals surface area contributed by atoms with E-state index in [0.29, 0.717) is 13.0 Å². The molecule has 0 radical (unpaired) electrons. The van der Waals surface area contributed by atoms with Crippen LogP contribution in [0.1, 0.15) is 33.6 Å². The van der Waals surface area contributed by atoms with E-state index in [9.17, 15) is 14.4 Å². The van der Waals surface area contributed by atoms with E-state index in [1.165, 1.54) is 16.8 Å². The van der Waals surface area contributed by atoms with Crippen LogP contribution in [0.2, 0.25) is 0 Å². The molecule has 1 aromatic rings. The highest BCUT2D eigenvalue weighted by atomic mass is 16.2. The van der Waals surface area contributed by atoms with Crippen molar-refractivity contribution < 1.29 is 4.79 Å². The van der Waals surface area contributed by atoms with Crippen LogP contribution < -0.4 is 22.3 Å². The molecule has 0 unspecified atom stereocenters. The predicted octanol–water partition coefficient (Wildman–Crippen LogP) is -0.336. The average molecular weight is 296 g/mol. The van der Waals surface area contributed by atoms with Crippen LogP contribution in [0.25, 0.3) is 0 Å². The van der Waals surface area contributed by atoms with Gasteiger partial charge in [-0.05, 0) is 33.2 Å². The van der Waals surface area contributed by atoms with E-state index in [1.54, 1.807) is 0 Å². The van der Waals surface area contributed by atoms with E-state index in [0.717, 1.165) is 11.0 Å². The molecule has 118 valence electrons. The molecule has 1 amide bonds. The Bertz CT molecular complexity index is 601. The minimum atomic E-state index is -0.486. The van der Waals surface area contributed by atoms with Gasteiger partial charge in [-0.3, -0.25) is 18.7 Å². The summed E-state index contributed by atoms with van der Waals surface area (Å²) in [5.74, 6) is -0.257. The summed E-state index contributed by atoms with van der Waals surface area (Å²) in [6.45, 7) is 6.35. The molecule has 0 aromatic carbocycles. The lowest BCUT2D eigenvalue weighted by molar-refractivity contribution is -0.123. The van der Waals surface area contributed by atoms with E-state index in [2.05, 4.69) is 5.32 Å². The van der Waals surface area contributed by atoms with Gasteiger partial charge in [-0.1, -0.05) is 6.92 Å². The van der Waals surface area contributed by atoms with Crippen molar-refractivity contribution in [1.29, 1.82) is 0 Å². The van der Waals surface area contributed by atoms with Crippen molar-refractivity contribution in [2.45, 2.75) is 52.2 Å². The molecule has 1 aromatic heterocycles. The first-order valence-corrected chi connectivity index (χ1v) is 7.12. The van der Waals surface area contributed by atoms with Crippen LogP contribution in [-0.2, 0) is 17.9 Å². The van der Waals surface area contributed by atoms with Crippen LogP contribution in [0.3, 0.4) is 0 Å². The zero-order chi connectivity index (χ0) is 16.0. The van der Waals surface area contributed by atoms with Crippen molar-refractivity contribution in [3.63, 3.8) is 0 Å². The summed E-state index contributed by atoms with van der Waals surface area (Å²) in [5, 5.41) is 2.85. The number of hydrogen-bond acceptors (Lipinski definition) is 4. The Morgan fingerprint density at radius 2 is 2.05 bits per heavy atom. The third-order valence-electron chi connectivity index (χ3n) is 3.40. The Morgan fingerprint density at radius 1 is 1.38 bits per heavy atom. The van der Waals surface area contributed by atoms with Gasteiger partial charge in [0.1, 0.15) is 6.54 Å². The molecule has 0 saturated carbocycles. The molecular weight excluding hydrogens is 272 g/mol. The molecule has 3 N–H and O–H groups in total. The maximum Gasteiger partial charge on any atom is 0.331 e. The van der Waals surface area contributed by atoms with Crippen molar-refractivity contribution in [2.24, 2.45) is 5.73 Å². The van der Waals surface area contributed by atoms with Gasteiger partial charge in [0, 0.05) is 24.3 Å². The van der Waals surface area contributed by atoms with Crippen molar-refractivity contribution >= 4 is 5.91 Å². The van der Waals surface area contributed by atoms with Crippen molar-refractivity contribution in [2.75, 3.05) is 6.54 Å². The van der Waals surface area contributed by atoms with Gasteiger partial charge in [0.25, 0.3) is 5.56 Å². The predicted molar refractivity (Wildman–Crippen MR) is 81.1 cm³/mol. The Kier molecular flexibility index (Phi) is 5.90. The Hall–Kier alpha value is -1.89. The number of aromatic nitrogens is 2. The molecule has 7 nitrogen and oxygen atoms in total. The normalized spacial score (nSPS) is 11.4. The number of amides is 1. The zero-order valence-corrected chi connectivity index (χ0v) is 12.9. The average Bonchev–Trinajstić information content (AvgIpc) is 2.41. The van der Waals surface area contributed by atoms with Crippen LogP contribution in [0.5, 0.6) is 0 Å². The second kappa shape index (κ2) is 7.21. The van der Waals surface area contributed by atoms with Crippen molar-refractivity contribution in [3.05, 3.63) is 33.1 Å². The second-order valence-electron chi connectivity index (χ2n) is 5.64. The van der Waals surface area contributed by atoms with E-state index >= 15 is 0 Å². The van der Waals surface area contributed by atoms with Gasteiger partial charge in [-0.2, -0.15) is 0 Å². The molecule has 1 rings (SSSR count). The lowest BCUT2D eigenvalue weighted by Gasteiger charge is -2.24. The molecule has 0 aliphatic heterocycles. The number of carbonyl (C=O) groups is 1. The van der Waals surface area contributed by atoms with Crippen LogP contribution >= 0.6 is 0 Å². The first-order valence-electron chi connectivity index (χ1n) is 7.12. The van der Waals surface area contributed by atoms with Gasteiger partial charge in [-0.25, -0.2) is 4.79 Å². The maximum atomic E-state index is 12.2. The molecule has 1 heterocycles. The summed E-state index contributed by atoms with van der Waals surface area (Å²) in [6, 6.07) is 1.29. The molecule has 0 bridgehead atoms. The summed E-state index contributed by atoms with van der Waals surface area (Å²) >= 11 is 0. The lowest BCUT2D eigenvalue weighted by atomic mass is 10.0. The summed E-state index contributed by atoms with van der Waals surface area (Å²) in [7, 11) is 0. The lowest BCUT2D eigenvalue weighted by Crippen LogP contribution is -2.47. The molecule has 0 saturated heterocycles. The number of nitrogens with two attached hydrogens (primary N) is 1. The second-order valence-corrected chi connectivity index (χ2v) is 5.64. The summed E-state index contributed by atoms with van der Waals surface area (Å²) in [5.41, 5.74) is 4.21. The number of nitrogens with one attached hydrogen (secondary N) is 1. The fourth-order valence-electron chi connectivity index (χ4n) is 1.79. The smallest absolute Gasteiger partial charge is 0.331 e. The highest BCUT2D eigenvalue weighted by Crippen LogP contribution is 2.06. The van der Waals surface area contributed by atoms with E-state index in [4.69, 9.17) is 5.73 Å². The zero-order valence-electron chi connectivity index (χ0n) is 12.9. The van der Waals surface area contributed by atoms with Crippen molar-refractivity contribution in [1.82, 2.24) is 14.5 Å². The van der Waals surface area contributed by atoms with Crippen LogP contribution in [0.15, 0.2) is 21.9 Å². The van der Waals surface area contributed by atoms with E-state index in [1.807, 2.05) is 20.8 Å². The fraction of sp³-hybridized carbons (Fsp3) is 0.643. The molecule has 0 aliphatic carbocycles. The molecule has 0 fully saturated rings. The first kappa shape index (κ1) is 17.2. The van der Waals surface area contributed by atoms with Crippen molar-refractivity contribution in [3.8, 4) is 0 Å². The Morgan fingerprint density at radius 3 is 2.62 bits per heavy atom. The number of rotatable bonds is 7. The van der Waals surface area contributed by atoms with Gasteiger partial charge in [-0.15, -0.1) is 0 Å². The topological polar surface area (TPSA) is 99.1 Å². The maximum absolute atomic E-state index is 12.2. The molecule has 7 heteroatoms. The van der Waals surface area contributed by atoms with Gasteiger partial charge in [0.05, 0.1) is 0 Å². The highest BCUT2D eigenvalue weighted by Gasteiger charge is 2.18. The summed E-state index contributed by atoms with van der Waals surface area (Å²) in [4.78, 5) is 35.8. The number of hydrogen-bond donors (Lipinski definition) is 2. The molecule has 0 spiro atoms. The van der Waals surface area contributed by atoms with Crippen LogP contribution in [0.4, 0.5) is 0 Å². The van der Waals surface area contributed by atoms with E-state index < -0.39 is 5.69 Å². The summed E-state index contributed by atoms with van der Waals surface area (Å²) < 4.78 is 2.34. The van der Waals surface area contributed by atoms with Crippen LogP contribution in [-0.4, -0.2) is 27.1 Å². The molecule has 0 aliphatic rings. The molecule has 0 atom stereocenters.